The van der Waals surface area contributed by atoms with Gasteiger partial charge < -0.3 is 15.6 Å². The van der Waals surface area contributed by atoms with E-state index in [-0.39, 0.29) is 12.6 Å². The molecule has 2 rings (SSSR count). The fourth-order valence-electron chi connectivity index (χ4n) is 2.03. The Morgan fingerprint density at radius 3 is 3.00 bits per heavy atom. The van der Waals surface area contributed by atoms with E-state index in [9.17, 15) is 0 Å². The summed E-state index contributed by atoms with van der Waals surface area (Å²) in [5.74, 6) is 0.739. The number of nitrogens with two attached hydrogens (primary N) is 1. The molecule has 0 bridgehead atoms. The minimum absolute atomic E-state index is 0.0195. The van der Waals surface area contributed by atoms with Crippen molar-refractivity contribution in [2.75, 3.05) is 7.11 Å². The third-order valence-electron chi connectivity index (χ3n) is 2.84. The van der Waals surface area contributed by atoms with Crippen molar-refractivity contribution < 1.29 is 9.84 Å². The van der Waals surface area contributed by atoms with Crippen molar-refractivity contribution >= 4 is 0 Å². The first-order valence-corrected chi connectivity index (χ1v) is 4.82. The van der Waals surface area contributed by atoms with Crippen LogP contribution in [0.4, 0.5) is 0 Å². The smallest absolute Gasteiger partial charge is 0.124 e. The molecule has 0 aromatic heterocycles. The molecule has 0 amide bonds. The van der Waals surface area contributed by atoms with Crippen molar-refractivity contribution in [1.82, 2.24) is 0 Å². The second-order valence-electron chi connectivity index (χ2n) is 3.67. The number of aliphatic hydroxyl groups is 1. The second-order valence-corrected chi connectivity index (χ2v) is 3.67. The summed E-state index contributed by atoms with van der Waals surface area (Å²) >= 11 is 0. The van der Waals surface area contributed by atoms with E-state index in [4.69, 9.17) is 15.6 Å². The van der Waals surface area contributed by atoms with Crippen LogP contribution in [0.25, 0.3) is 0 Å². The lowest BCUT2D eigenvalue weighted by Crippen LogP contribution is -2.06. The third kappa shape index (κ3) is 1.38. The number of methoxy groups -OCH3 is 1. The summed E-state index contributed by atoms with van der Waals surface area (Å²) in [5, 5.41) is 9.14. The van der Waals surface area contributed by atoms with E-state index in [0.717, 1.165) is 24.2 Å². The molecule has 3 N–H and O–H groups in total. The lowest BCUT2D eigenvalue weighted by Gasteiger charge is -2.11. The predicted octanol–water partition coefficient (Wildman–Crippen LogP) is 1.13. The Labute approximate surface area is 83.5 Å². The summed E-state index contributed by atoms with van der Waals surface area (Å²) < 4.78 is 5.19. The molecule has 1 aliphatic rings. The van der Waals surface area contributed by atoms with Gasteiger partial charge in [0.25, 0.3) is 0 Å². The minimum atomic E-state index is 0.0195. The molecule has 0 heterocycles. The highest BCUT2D eigenvalue weighted by molar-refractivity contribution is 5.46. The molecular weight excluding hydrogens is 178 g/mol. The Kier molecular flexibility index (Phi) is 2.44. The maximum Gasteiger partial charge on any atom is 0.124 e. The molecular formula is C11H15NO2. The van der Waals surface area contributed by atoms with Crippen LogP contribution in [0.15, 0.2) is 12.1 Å². The normalized spacial score (nSPS) is 19.5. The van der Waals surface area contributed by atoms with Gasteiger partial charge in [0.1, 0.15) is 5.75 Å². The van der Waals surface area contributed by atoms with Gasteiger partial charge in [-0.1, -0.05) is 0 Å². The van der Waals surface area contributed by atoms with Crippen molar-refractivity contribution in [1.29, 1.82) is 0 Å². The molecule has 0 spiro atoms. The highest BCUT2D eigenvalue weighted by Gasteiger charge is 2.21. The second kappa shape index (κ2) is 3.59. The van der Waals surface area contributed by atoms with Crippen LogP contribution in [0.2, 0.25) is 0 Å². The van der Waals surface area contributed by atoms with Gasteiger partial charge in [-0.3, -0.25) is 0 Å². The zero-order chi connectivity index (χ0) is 10.1. The van der Waals surface area contributed by atoms with Gasteiger partial charge in [0.15, 0.2) is 0 Å². The minimum Gasteiger partial charge on any atom is -0.496 e. The number of benzene rings is 1. The molecule has 3 nitrogen and oxygen atoms in total. The van der Waals surface area contributed by atoms with E-state index < -0.39 is 0 Å². The molecule has 0 saturated carbocycles. The number of hydrogen-bond acceptors (Lipinski definition) is 3. The predicted molar refractivity (Wildman–Crippen MR) is 54.2 cm³/mol. The molecule has 1 aromatic carbocycles. The summed E-state index contributed by atoms with van der Waals surface area (Å²) in [4.78, 5) is 0. The van der Waals surface area contributed by atoms with Crippen molar-refractivity contribution in [3.63, 3.8) is 0 Å². The molecule has 0 aliphatic heterocycles. The molecule has 1 atom stereocenters. The average molecular weight is 193 g/mol. The van der Waals surface area contributed by atoms with Crippen LogP contribution in [-0.2, 0) is 13.0 Å². The Bertz CT molecular complexity index is 349. The summed E-state index contributed by atoms with van der Waals surface area (Å²) in [6, 6.07) is 4.09. The van der Waals surface area contributed by atoms with Crippen LogP contribution in [0.1, 0.15) is 29.2 Å². The molecule has 76 valence electrons. The standard InChI is InChI=1S/C11H15NO2/c1-14-11-5-9-7(2-3-10(9)12)4-8(11)6-13/h4-5,10,13H,2-3,6,12H2,1H3/t10-/m1/s1. The Morgan fingerprint density at radius 1 is 1.57 bits per heavy atom. The molecule has 0 saturated heterocycles. The Morgan fingerprint density at radius 2 is 2.36 bits per heavy atom. The van der Waals surface area contributed by atoms with Gasteiger partial charge >= 0.3 is 0 Å². The van der Waals surface area contributed by atoms with E-state index in [1.807, 2.05) is 12.1 Å². The van der Waals surface area contributed by atoms with E-state index in [2.05, 4.69) is 0 Å². The van der Waals surface area contributed by atoms with Gasteiger partial charge in [-0.05, 0) is 36.1 Å². The third-order valence-corrected chi connectivity index (χ3v) is 2.84. The Hall–Kier alpha value is -1.06. The largest absolute Gasteiger partial charge is 0.496 e. The maximum atomic E-state index is 9.14. The SMILES string of the molecule is COc1cc2c(cc1CO)CC[C@H]2N. The summed E-state index contributed by atoms with van der Waals surface area (Å²) in [6.07, 6.45) is 2.00. The lowest BCUT2D eigenvalue weighted by molar-refractivity contribution is 0.273. The zero-order valence-corrected chi connectivity index (χ0v) is 8.29. The number of fused-ring (bicyclic) bond motifs is 1. The van der Waals surface area contributed by atoms with Crippen LogP contribution in [0.3, 0.4) is 0 Å². The molecule has 0 radical (unpaired) electrons. The maximum absolute atomic E-state index is 9.14. The fourth-order valence-corrected chi connectivity index (χ4v) is 2.03. The van der Waals surface area contributed by atoms with Crippen LogP contribution in [0, 0.1) is 0 Å². The monoisotopic (exact) mass is 193 g/mol. The first-order valence-electron chi connectivity index (χ1n) is 4.82. The molecule has 0 unspecified atom stereocenters. The number of ether oxygens (including phenoxy) is 1. The first kappa shape index (κ1) is 9.49. The molecule has 14 heavy (non-hydrogen) atoms. The molecule has 3 heteroatoms. The van der Waals surface area contributed by atoms with Crippen LogP contribution >= 0.6 is 0 Å². The number of aliphatic hydroxyl groups excluding tert-OH is 1. The van der Waals surface area contributed by atoms with E-state index in [1.165, 1.54) is 11.1 Å². The van der Waals surface area contributed by atoms with Crippen molar-refractivity contribution in [3.05, 3.63) is 28.8 Å². The van der Waals surface area contributed by atoms with Gasteiger partial charge in [-0.25, -0.2) is 0 Å². The first-order chi connectivity index (χ1) is 6.76. The van der Waals surface area contributed by atoms with Crippen LogP contribution < -0.4 is 10.5 Å². The number of hydrogen-bond donors (Lipinski definition) is 2. The topological polar surface area (TPSA) is 55.5 Å². The van der Waals surface area contributed by atoms with Crippen LogP contribution in [0.5, 0.6) is 5.75 Å². The van der Waals surface area contributed by atoms with Gasteiger partial charge in [0.05, 0.1) is 13.7 Å². The summed E-state index contributed by atoms with van der Waals surface area (Å²) in [7, 11) is 1.61. The molecule has 1 aliphatic carbocycles. The van der Waals surface area contributed by atoms with E-state index in [1.54, 1.807) is 7.11 Å². The quantitative estimate of drug-likeness (QED) is 0.740. The molecule has 1 aromatic rings. The van der Waals surface area contributed by atoms with Crippen molar-refractivity contribution in [2.24, 2.45) is 5.73 Å². The summed E-state index contributed by atoms with van der Waals surface area (Å²) in [5.41, 5.74) is 9.21. The molecule has 0 fully saturated rings. The van der Waals surface area contributed by atoms with E-state index >= 15 is 0 Å². The summed E-state index contributed by atoms with van der Waals surface area (Å²) in [6.45, 7) is 0.0195. The highest BCUT2D eigenvalue weighted by Crippen LogP contribution is 2.34. The zero-order valence-electron chi connectivity index (χ0n) is 8.29. The number of aryl methyl sites for hydroxylation is 1. The lowest BCUT2D eigenvalue weighted by atomic mass is 10.0. The fraction of sp³-hybridized carbons (Fsp3) is 0.455. The van der Waals surface area contributed by atoms with Crippen LogP contribution in [-0.4, -0.2) is 12.2 Å². The van der Waals surface area contributed by atoms with Gasteiger partial charge in [-0.2, -0.15) is 0 Å². The number of rotatable bonds is 2. The van der Waals surface area contributed by atoms with Gasteiger partial charge in [-0.15, -0.1) is 0 Å². The van der Waals surface area contributed by atoms with Crippen molar-refractivity contribution in [3.8, 4) is 5.75 Å². The van der Waals surface area contributed by atoms with Gasteiger partial charge in [0, 0.05) is 11.6 Å². The van der Waals surface area contributed by atoms with Gasteiger partial charge in [0.2, 0.25) is 0 Å². The Balaban J connectivity index is 2.49. The van der Waals surface area contributed by atoms with E-state index in [0.29, 0.717) is 0 Å². The average Bonchev–Trinajstić information content (AvgIpc) is 2.58. The van der Waals surface area contributed by atoms with Crippen molar-refractivity contribution in [2.45, 2.75) is 25.5 Å². The highest BCUT2D eigenvalue weighted by atomic mass is 16.5.